The summed E-state index contributed by atoms with van der Waals surface area (Å²) in [5.41, 5.74) is 1.44. The van der Waals surface area contributed by atoms with Crippen molar-refractivity contribution >= 4 is 10.9 Å². The summed E-state index contributed by atoms with van der Waals surface area (Å²) < 4.78 is 28.2. The van der Waals surface area contributed by atoms with Crippen LogP contribution >= 0.6 is 0 Å². The maximum absolute atomic E-state index is 14.1. The second-order valence-corrected chi connectivity index (χ2v) is 4.23. The number of alkyl halides is 2. The zero-order chi connectivity index (χ0) is 12.5. The van der Waals surface area contributed by atoms with E-state index in [-0.39, 0.29) is 12.0 Å². The van der Waals surface area contributed by atoms with E-state index in [1.54, 1.807) is 26.1 Å². The van der Waals surface area contributed by atoms with Crippen molar-refractivity contribution in [3.63, 3.8) is 0 Å². The number of H-pyrrole nitrogens is 1. The summed E-state index contributed by atoms with van der Waals surface area (Å²) in [6.45, 7) is 1.99. The molecule has 0 aliphatic rings. The number of fused-ring (bicyclic) bond motifs is 1. The van der Waals surface area contributed by atoms with Gasteiger partial charge in [0.1, 0.15) is 0 Å². The van der Waals surface area contributed by atoms with Gasteiger partial charge in [-0.05, 0) is 20.0 Å². The molecular formula is C13H16F2N2. The first kappa shape index (κ1) is 12.0. The lowest BCUT2D eigenvalue weighted by Gasteiger charge is -2.16. The van der Waals surface area contributed by atoms with Crippen LogP contribution in [0.15, 0.2) is 24.3 Å². The lowest BCUT2D eigenvalue weighted by atomic mass is 10.0. The third-order valence-corrected chi connectivity index (χ3v) is 2.95. The van der Waals surface area contributed by atoms with Gasteiger partial charge in [-0.2, -0.15) is 0 Å². The van der Waals surface area contributed by atoms with Gasteiger partial charge in [-0.3, -0.25) is 0 Å². The summed E-state index contributed by atoms with van der Waals surface area (Å²) in [4.78, 5) is 3.01. The SMILES string of the molecule is CNCCC(F)(F)c1c(C)[nH]c2ccccc12. The molecule has 0 saturated carbocycles. The standard InChI is InChI=1S/C13H16F2N2/c1-9-12(13(14,15)7-8-16-2)10-5-3-4-6-11(10)17-9/h3-6,16-17H,7-8H2,1-2H3. The van der Waals surface area contributed by atoms with E-state index in [1.165, 1.54) is 0 Å². The zero-order valence-electron chi connectivity index (χ0n) is 9.98. The summed E-state index contributed by atoms with van der Waals surface area (Å²) >= 11 is 0. The van der Waals surface area contributed by atoms with Crippen LogP contribution in [-0.2, 0) is 5.92 Å². The van der Waals surface area contributed by atoms with Crippen molar-refractivity contribution in [1.29, 1.82) is 0 Å². The van der Waals surface area contributed by atoms with Crippen LogP contribution in [0.5, 0.6) is 0 Å². The summed E-state index contributed by atoms with van der Waals surface area (Å²) in [6, 6.07) is 7.18. The molecule has 2 aromatic rings. The number of aromatic nitrogens is 1. The van der Waals surface area contributed by atoms with Gasteiger partial charge in [-0.15, -0.1) is 0 Å². The maximum atomic E-state index is 14.1. The van der Waals surface area contributed by atoms with Gasteiger partial charge in [0.15, 0.2) is 0 Å². The molecule has 0 spiro atoms. The number of para-hydroxylation sites is 1. The molecule has 0 unspecified atom stereocenters. The largest absolute Gasteiger partial charge is 0.358 e. The van der Waals surface area contributed by atoms with Crippen LogP contribution in [0.25, 0.3) is 10.9 Å². The first-order valence-electron chi connectivity index (χ1n) is 5.66. The van der Waals surface area contributed by atoms with Crippen molar-refractivity contribution in [3.8, 4) is 0 Å². The Kier molecular flexibility index (Phi) is 3.15. The van der Waals surface area contributed by atoms with Crippen LogP contribution in [0.3, 0.4) is 0 Å². The summed E-state index contributed by atoms with van der Waals surface area (Å²) in [6.07, 6.45) is -0.188. The van der Waals surface area contributed by atoms with E-state index < -0.39 is 5.92 Å². The second-order valence-electron chi connectivity index (χ2n) is 4.23. The van der Waals surface area contributed by atoms with Crippen LogP contribution in [0.1, 0.15) is 17.7 Å². The highest BCUT2D eigenvalue weighted by atomic mass is 19.3. The highest BCUT2D eigenvalue weighted by Crippen LogP contribution is 2.38. The minimum atomic E-state index is -2.80. The molecule has 0 bridgehead atoms. The Labute approximate surface area is 99.0 Å². The van der Waals surface area contributed by atoms with Gasteiger partial charge in [0.05, 0.1) is 0 Å². The van der Waals surface area contributed by atoms with Gasteiger partial charge in [-0.1, -0.05) is 18.2 Å². The predicted molar refractivity (Wildman–Crippen MR) is 65.5 cm³/mol. The van der Waals surface area contributed by atoms with Crippen molar-refractivity contribution in [2.45, 2.75) is 19.3 Å². The highest BCUT2D eigenvalue weighted by Gasteiger charge is 2.35. The minimum Gasteiger partial charge on any atom is -0.358 e. The average molecular weight is 238 g/mol. The Morgan fingerprint density at radius 3 is 2.71 bits per heavy atom. The quantitative estimate of drug-likeness (QED) is 0.841. The monoisotopic (exact) mass is 238 g/mol. The Balaban J connectivity index is 2.50. The van der Waals surface area contributed by atoms with Gasteiger partial charge in [0, 0.05) is 35.1 Å². The molecule has 2 N–H and O–H groups in total. The van der Waals surface area contributed by atoms with Gasteiger partial charge in [-0.25, -0.2) is 8.78 Å². The Bertz CT molecular complexity index is 517. The zero-order valence-corrected chi connectivity index (χ0v) is 9.98. The first-order valence-corrected chi connectivity index (χ1v) is 5.66. The van der Waals surface area contributed by atoms with Crippen LogP contribution in [0.2, 0.25) is 0 Å². The summed E-state index contributed by atoms with van der Waals surface area (Å²) in [5.74, 6) is -2.80. The van der Waals surface area contributed by atoms with Crippen molar-refractivity contribution in [3.05, 3.63) is 35.5 Å². The van der Waals surface area contributed by atoms with E-state index in [2.05, 4.69) is 10.3 Å². The minimum absolute atomic E-state index is 0.128. The molecule has 2 nitrogen and oxygen atoms in total. The number of aryl methyl sites for hydroxylation is 1. The molecule has 0 aliphatic carbocycles. The number of hydrogen-bond donors (Lipinski definition) is 2. The first-order chi connectivity index (χ1) is 8.06. The molecular weight excluding hydrogens is 222 g/mol. The van der Waals surface area contributed by atoms with E-state index in [1.807, 2.05) is 12.1 Å². The Morgan fingerprint density at radius 2 is 2.00 bits per heavy atom. The fourth-order valence-electron chi connectivity index (χ4n) is 2.15. The third kappa shape index (κ3) is 2.17. The number of rotatable bonds is 4. The third-order valence-electron chi connectivity index (χ3n) is 2.95. The average Bonchev–Trinajstić information content (AvgIpc) is 2.63. The topological polar surface area (TPSA) is 27.8 Å². The van der Waals surface area contributed by atoms with Gasteiger partial charge < -0.3 is 10.3 Å². The van der Waals surface area contributed by atoms with E-state index in [9.17, 15) is 8.78 Å². The highest BCUT2D eigenvalue weighted by molar-refractivity contribution is 5.85. The molecule has 0 amide bonds. The van der Waals surface area contributed by atoms with E-state index in [0.29, 0.717) is 17.6 Å². The molecule has 0 atom stereocenters. The Morgan fingerprint density at radius 1 is 1.29 bits per heavy atom. The number of halogens is 2. The normalized spacial score (nSPS) is 12.2. The number of nitrogens with one attached hydrogen (secondary N) is 2. The van der Waals surface area contributed by atoms with Crippen LogP contribution in [0.4, 0.5) is 8.78 Å². The van der Waals surface area contributed by atoms with E-state index in [4.69, 9.17) is 0 Å². The lowest BCUT2D eigenvalue weighted by Crippen LogP contribution is -2.21. The molecule has 92 valence electrons. The fourth-order valence-corrected chi connectivity index (χ4v) is 2.15. The van der Waals surface area contributed by atoms with Gasteiger partial charge in [0.2, 0.25) is 0 Å². The van der Waals surface area contributed by atoms with Crippen LogP contribution < -0.4 is 5.32 Å². The predicted octanol–water partition coefficient (Wildman–Crippen LogP) is 3.18. The molecule has 0 fully saturated rings. The fraction of sp³-hybridized carbons (Fsp3) is 0.385. The molecule has 4 heteroatoms. The molecule has 1 aromatic heterocycles. The second kappa shape index (κ2) is 4.45. The maximum Gasteiger partial charge on any atom is 0.276 e. The number of hydrogen-bond acceptors (Lipinski definition) is 1. The van der Waals surface area contributed by atoms with Crippen LogP contribution in [-0.4, -0.2) is 18.6 Å². The number of benzene rings is 1. The molecule has 0 aliphatic heterocycles. The van der Waals surface area contributed by atoms with Gasteiger partial charge in [0.25, 0.3) is 5.92 Å². The van der Waals surface area contributed by atoms with Crippen molar-refractivity contribution in [2.75, 3.05) is 13.6 Å². The molecule has 0 saturated heterocycles. The van der Waals surface area contributed by atoms with Gasteiger partial charge >= 0.3 is 0 Å². The molecule has 0 radical (unpaired) electrons. The molecule has 17 heavy (non-hydrogen) atoms. The summed E-state index contributed by atoms with van der Waals surface area (Å²) in [5, 5.41) is 3.38. The molecule has 2 rings (SSSR count). The van der Waals surface area contributed by atoms with Crippen molar-refractivity contribution < 1.29 is 8.78 Å². The van der Waals surface area contributed by atoms with Crippen LogP contribution in [0, 0.1) is 6.92 Å². The molecule has 1 heterocycles. The number of aromatic amines is 1. The smallest absolute Gasteiger partial charge is 0.276 e. The lowest BCUT2D eigenvalue weighted by molar-refractivity contribution is -0.0114. The van der Waals surface area contributed by atoms with E-state index in [0.717, 1.165) is 5.52 Å². The summed E-state index contributed by atoms with van der Waals surface area (Å²) in [7, 11) is 1.68. The molecule has 1 aromatic carbocycles. The Hall–Kier alpha value is -1.42. The van der Waals surface area contributed by atoms with Crippen molar-refractivity contribution in [1.82, 2.24) is 10.3 Å². The van der Waals surface area contributed by atoms with Crippen molar-refractivity contribution in [2.24, 2.45) is 0 Å². The van der Waals surface area contributed by atoms with E-state index >= 15 is 0 Å².